The van der Waals surface area contributed by atoms with Crippen molar-refractivity contribution in [3.63, 3.8) is 0 Å². The third-order valence-corrected chi connectivity index (χ3v) is 1.88. The number of halogens is 3. The van der Waals surface area contributed by atoms with Gasteiger partial charge in [-0.15, -0.1) is 0 Å². The lowest BCUT2D eigenvalue weighted by Gasteiger charge is -2.10. The van der Waals surface area contributed by atoms with Crippen molar-refractivity contribution < 1.29 is 18.0 Å². The molecule has 0 saturated carbocycles. The van der Waals surface area contributed by atoms with Gasteiger partial charge in [0.05, 0.1) is 12.1 Å². The largest absolute Gasteiger partial charge is 0.396 e. The molecule has 0 saturated heterocycles. The minimum atomic E-state index is -4.26. The molecular weight excluding hydrogens is 237 g/mol. The van der Waals surface area contributed by atoms with E-state index in [4.69, 9.17) is 11.5 Å². The smallest absolute Gasteiger partial charge is 0.390 e. The highest BCUT2D eigenvalue weighted by atomic mass is 19.4. The van der Waals surface area contributed by atoms with Gasteiger partial charge in [0, 0.05) is 6.54 Å². The van der Waals surface area contributed by atoms with Crippen LogP contribution in [-0.2, 0) is 0 Å². The SMILES string of the molecule is NC(=O)c1ccc(N)c(NCCC(F)(F)F)n1. The Labute approximate surface area is 95.0 Å². The van der Waals surface area contributed by atoms with Crippen LogP contribution in [0.5, 0.6) is 0 Å². The highest BCUT2D eigenvalue weighted by Gasteiger charge is 2.26. The zero-order valence-corrected chi connectivity index (χ0v) is 8.71. The summed E-state index contributed by atoms with van der Waals surface area (Å²) in [6.07, 6.45) is -5.28. The van der Waals surface area contributed by atoms with Crippen molar-refractivity contribution in [1.82, 2.24) is 4.98 Å². The van der Waals surface area contributed by atoms with Gasteiger partial charge in [-0.2, -0.15) is 13.2 Å². The van der Waals surface area contributed by atoms with Crippen LogP contribution in [0.2, 0.25) is 0 Å². The number of pyridine rings is 1. The molecule has 0 spiro atoms. The van der Waals surface area contributed by atoms with Crippen LogP contribution in [0.3, 0.4) is 0 Å². The number of nitrogens with two attached hydrogens (primary N) is 2. The lowest BCUT2D eigenvalue weighted by atomic mass is 10.3. The van der Waals surface area contributed by atoms with E-state index in [1.807, 2.05) is 0 Å². The molecule has 5 nitrogen and oxygen atoms in total. The molecule has 1 aromatic rings. The molecule has 0 unspecified atom stereocenters. The molecule has 1 heterocycles. The second kappa shape index (κ2) is 4.89. The molecule has 8 heteroatoms. The number of hydrogen-bond acceptors (Lipinski definition) is 4. The summed E-state index contributed by atoms with van der Waals surface area (Å²) in [5.74, 6) is -0.755. The van der Waals surface area contributed by atoms with E-state index < -0.39 is 18.5 Å². The minimum Gasteiger partial charge on any atom is -0.396 e. The summed E-state index contributed by atoms with van der Waals surface area (Å²) in [7, 11) is 0. The van der Waals surface area contributed by atoms with Crippen LogP contribution in [0.25, 0.3) is 0 Å². The number of nitrogens with zero attached hydrogens (tertiary/aromatic N) is 1. The third-order valence-electron chi connectivity index (χ3n) is 1.88. The van der Waals surface area contributed by atoms with Crippen molar-refractivity contribution in [1.29, 1.82) is 0 Å². The van der Waals surface area contributed by atoms with Gasteiger partial charge in [-0.1, -0.05) is 0 Å². The summed E-state index contributed by atoms with van der Waals surface area (Å²) >= 11 is 0. The molecule has 1 rings (SSSR count). The van der Waals surface area contributed by atoms with Gasteiger partial charge in [-0.05, 0) is 12.1 Å². The number of nitrogens with one attached hydrogen (secondary N) is 1. The topological polar surface area (TPSA) is 94.0 Å². The highest BCUT2D eigenvalue weighted by Crippen LogP contribution is 2.21. The normalized spacial score (nSPS) is 11.2. The van der Waals surface area contributed by atoms with Gasteiger partial charge in [0.2, 0.25) is 0 Å². The average Bonchev–Trinajstić information content (AvgIpc) is 2.18. The number of carbonyl (C=O) groups is 1. The average molecular weight is 248 g/mol. The molecule has 17 heavy (non-hydrogen) atoms. The molecule has 0 aromatic carbocycles. The molecule has 0 aliphatic heterocycles. The maximum Gasteiger partial charge on any atom is 0.390 e. The lowest BCUT2D eigenvalue weighted by Crippen LogP contribution is -2.18. The van der Waals surface area contributed by atoms with E-state index in [0.717, 1.165) is 0 Å². The summed E-state index contributed by atoms with van der Waals surface area (Å²) < 4.78 is 35.7. The summed E-state index contributed by atoms with van der Waals surface area (Å²) in [6, 6.07) is 2.65. The fraction of sp³-hybridized carbons (Fsp3) is 0.333. The van der Waals surface area contributed by atoms with E-state index in [0.29, 0.717) is 0 Å². The molecule has 0 radical (unpaired) electrons. The molecule has 5 N–H and O–H groups in total. The van der Waals surface area contributed by atoms with Crippen LogP contribution >= 0.6 is 0 Å². The molecule has 1 aromatic heterocycles. The maximum atomic E-state index is 11.9. The monoisotopic (exact) mass is 248 g/mol. The molecule has 0 bridgehead atoms. The molecule has 1 amide bonds. The van der Waals surface area contributed by atoms with Gasteiger partial charge >= 0.3 is 6.18 Å². The van der Waals surface area contributed by atoms with Crippen molar-refractivity contribution in [2.45, 2.75) is 12.6 Å². The van der Waals surface area contributed by atoms with Crippen LogP contribution in [0.1, 0.15) is 16.9 Å². The first-order valence-corrected chi connectivity index (χ1v) is 4.66. The summed E-state index contributed by atoms with van der Waals surface area (Å²) in [5, 5.41) is 2.40. The fourth-order valence-electron chi connectivity index (χ4n) is 1.07. The van der Waals surface area contributed by atoms with Crippen LogP contribution < -0.4 is 16.8 Å². The Morgan fingerprint density at radius 1 is 1.41 bits per heavy atom. The van der Waals surface area contributed by atoms with Gasteiger partial charge in [0.15, 0.2) is 0 Å². The number of rotatable bonds is 4. The summed E-state index contributed by atoms with van der Waals surface area (Å²) in [5.41, 5.74) is 10.6. The number of nitrogen functional groups attached to an aromatic ring is 1. The quantitative estimate of drug-likeness (QED) is 0.744. The number of hydrogen-bond donors (Lipinski definition) is 3. The first-order chi connectivity index (χ1) is 7.79. The van der Waals surface area contributed by atoms with Crippen LogP contribution in [-0.4, -0.2) is 23.6 Å². The van der Waals surface area contributed by atoms with Crippen LogP contribution in [0, 0.1) is 0 Å². The van der Waals surface area contributed by atoms with Crippen molar-refractivity contribution in [3.8, 4) is 0 Å². The Morgan fingerprint density at radius 2 is 2.06 bits per heavy atom. The predicted octanol–water partition coefficient (Wildman–Crippen LogP) is 1.13. The number of anilines is 2. The van der Waals surface area contributed by atoms with Gasteiger partial charge < -0.3 is 16.8 Å². The van der Waals surface area contributed by atoms with E-state index in [9.17, 15) is 18.0 Å². The van der Waals surface area contributed by atoms with Gasteiger partial charge in [0.25, 0.3) is 5.91 Å². The Balaban J connectivity index is 2.70. The molecule has 0 aliphatic rings. The van der Waals surface area contributed by atoms with Gasteiger partial charge in [-0.3, -0.25) is 4.79 Å². The number of primary amides is 1. The van der Waals surface area contributed by atoms with Crippen molar-refractivity contribution in [3.05, 3.63) is 17.8 Å². The van der Waals surface area contributed by atoms with Crippen molar-refractivity contribution >= 4 is 17.4 Å². The molecule has 0 fully saturated rings. The number of alkyl halides is 3. The van der Waals surface area contributed by atoms with E-state index in [-0.39, 0.29) is 23.7 Å². The Hall–Kier alpha value is -1.99. The number of aromatic nitrogens is 1. The lowest BCUT2D eigenvalue weighted by molar-refractivity contribution is -0.131. The molecule has 94 valence electrons. The Kier molecular flexibility index (Phi) is 3.77. The van der Waals surface area contributed by atoms with Crippen LogP contribution in [0.4, 0.5) is 24.7 Å². The zero-order valence-electron chi connectivity index (χ0n) is 8.71. The molecular formula is C9H11F3N4O. The minimum absolute atomic E-state index is 0.0190. The maximum absolute atomic E-state index is 11.9. The summed E-state index contributed by atoms with van der Waals surface area (Å²) in [4.78, 5) is 14.5. The predicted molar refractivity (Wildman–Crippen MR) is 56.3 cm³/mol. The first-order valence-electron chi connectivity index (χ1n) is 4.66. The molecule has 0 aliphatic carbocycles. The third kappa shape index (κ3) is 4.17. The van der Waals surface area contributed by atoms with Crippen molar-refractivity contribution in [2.24, 2.45) is 5.73 Å². The zero-order chi connectivity index (χ0) is 13.1. The van der Waals surface area contributed by atoms with Crippen LogP contribution in [0.15, 0.2) is 12.1 Å². The molecule has 0 atom stereocenters. The van der Waals surface area contributed by atoms with Crippen molar-refractivity contribution in [2.75, 3.05) is 17.6 Å². The van der Waals surface area contributed by atoms with E-state index in [1.54, 1.807) is 0 Å². The van der Waals surface area contributed by atoms with E-state index in [2.05, 4.69) is 10.3 Å². The standard InChI is InChI=1S/C9H11F3N4O/c10-9(11,12)3-4-15-8-5(13)1-2-6(16-8)7(14)17/h1-2H,3-4,13H2,(H2,14,17)(H,15,16). The Morgan fingerprint density at radius 3 is 2.59 bits per heavy atom. The van der Waals surface area contributed by atoms with Gasteiger partial charge in [-0.25, -0.2) is 4.98 Å². The number of amides is 1. The second-order valence-corrected chi connectivity index (χ2v) is 3.29. The summed E-state index contributed by atoms with van der Waals surface area (Å²) in [6.45, 7) is -0.372. The number of carbonyl (C=O) groups excluding carboxylic acids is 1. The second-order valence-electron chi connectivity index (χ2n) is 3.29. The van der Waals surface area contributed by atoms with E-state index >= 15 is 0 Å². The fourth-order valence-corrected chi connectivity index (χ4v) is 1.07. The first kappa shape index (κ1) is 13.1. The van der Waals surface area contributed by atoms with Gasteiger partial charge in [0.1, 0.15) is 11.5 Å². The van der Waals surface area contributed by atoms with E-state index in [1.165, 1.54) is 12.1 Å². The Bertz CT molecular complexity index is 419. The highest BCUT2D eigenvalue weighted by molar-refractivity contribution is 5.91.